The van der Waals surface area contributed by atoms with Gasteiger partial charge < -0.3 is 15.4 Å². The largest absolute Gasteiger partial charge is 0.377 e. The highest BCUT2D eigenvalue weighted by Crippen LogP contribution is 2.16. The van der Waals surface area contributed by atoms with Crippen molar-refractivity contribution in [1.82, 2.24) is 4.90 Å². The Morgan fingerprint density at radius 1 is 1.55 bits per heavy atom. The molecule has 0 spiro atoms. The van der Waals surface area contributed by atoms with Crippen molar-refractivity contribution >= 4 is 0 Å². The lowest BCUT2D eigenvalue weighted by Crippen LogP contribution is -2.41. The molecule has 1 fully saturated rings. The minimum Gasteiger partial charge on any atom is -0.377 e. The van der Waals surface area contributed by atoms with E-state index in [2.05, 4.69) is 19.0 Å². The molecule has 0 aliphatic carbocycles. The maximum absolute atomic E-state index is 5.52. The number of hydrogen-bond donors (Lipinski definition) is 1. The van der Waals surface area contributed by atoms with Gasteiger partial charge in [-0.1, -0.05) is 0 Å². The summed E-state index contributed by atoms with van der Waals surface area (Å²) in [5.74, 6) is 0. The first kappa shape index (κ1) is 8.97. The first-order valence-electron chi connectivity index (χ1n) is 4.22. The van der Waals surface area contributed by atoms with Crippen molar-refractivity contribution in [2.45, 2.75) is 25.0 Å². The lowest BCUT2D eigenvalue weighted by molar-refractivity contribution is -0.0119. The van der Waals surface area contributed by atoms with Gasteiger partial charge in [-0.3, -0.25) is 0 Å². The number of hydrogen-bond acceptors (Lipinski definition) is 3. The molecule has 0 saturated carbocycles. The monoisotopic (exact) mass is 158 g/mol. The molecule has 1 saturated heterocycles. The Morgan fingerprint density at radius 2 is 2.27 bits per heavy atom. The Morgan fingerprint density at radius 3 is 2.82 bits per heavy atom. The van der Waals surface area contributed by atoms with Crippen molar-refractivity contribution in [3.63, 3.8) is 0 Å². The standard InChI is InChI=1S/C8H18N2O/c1-10(2)7-3-4-11-8(5-7)6-9/h7-8H,3-6,9H2,1-2H3. The third-order valence-corrected chi connectivity index (χ3v) is 2.33. The van der Waals surface area contributed by atoms with Gasteiger partial charge >= 0.3 is 0 Å². The van der Waals surface area contributed by atoms with Crippen LogP contribution in [-0.2, 0) is 4.74 Å². The summed E-state index contributed by atoms with van der Waals surface area (Å²) < 4.78 is 5.46. The van der Waals surface area contributed by atoms with E-state index >= 15 is 0 Å². The molecule has 2 unspecified atom stereocenters. The van der Waals surface area contributed by atoms with Crippen LogP contribution in [0.5, 0.6) is 0 Å². The van der Waals surface area contributed by atoms with Crippen molar-refractivity contribution in [3.05, 3.63) is 0 Å². The zero-order chi connectivity index (χ0) is 8.27. The molecule has 0 aromatic heterocycles. The number of nitrogens with two attached hydrogens (primary N) is 1. The Labute approximate surface area is 68.5 Å². The molecular formula is C8H18N2O. The highest BCUT2D eigenvalue weighted by Gasteiger charge is 2.22. The summed E-state index contributed by atoms with van der Waals surface area (Å²) in [6.07, 6.45) is 2.52. The highest BCUT2D eigenvalue weighted by molar-refractivity contribution is 4.76. The van der Waals surface area contributed by atoms with Crippen molar-refractivity contribution < 1.29 is 4.74 Å². The van der Waals surface area contributed by atoms with Crippen LogP contribution < -0.4 is 5.73 Å². The molecule has 1 aliphatic heterocycles. The summed E-state index contributed by atoms with van der Waals surface area (Å²) in [5, 5.41) is 0. The molecule has 0 radical (unpaired) electrons. The number of ether oxygens (including phenoxy) is 1. The third-order valence-electron chi connectivity index (χ3n) is 2.33. The van der Waals surface area contributed by atoms with E-state index in [0.717, 1.165) is 19.4 Å². The Balaban J connectivity index is 2.33. The zero-order valence-corrected chi connectivity index (χ0v) is 7.42. The second-order valence-corrected chi connectivity index (χ2v) is 3.37. The van der Waals surface area contributed by atoms with E-state index in [-0.39, 0.29) is 6.10 Å². The van der Waals surface area contributed by atoms with E-state index in [1.807, 2.05) is 0 Å². The predicted octanol–water partition coefficient (Wildman–Crippen LogP) is 0.0543. The van der Waals surface area contributed by atoms with Crippen LogP contribution >= 0.6 is 0 Å². The zero-order valence-electron chi connectivity index (χ0n) is 7.42. The quantitative estimate of drug-likeness (QED) is 0.617. The maximum atomic E-state index is 5.52. The molecule has 0 amide bonds. The van der Waals surface area contributed by atoms with Crippen molar-refractivity contribution in [2.24, 2.45) is 5.73 Å². The normalized spacial score (nSPS) is 32.7. The van der Waals surface area contributed by atoms with Crippen molar-refractivity contribution in [3.8, 4) is 0 Å². The van der Waals surface area contributed by atoms with Crippen LogP contribution in [0.15, 0.2) is 0 Å². The van der Waals surface area contributed by atoms with E-state index < -0.39 is 0 Å². The Hall–Kier alpha value is -0.120. The molecule has 2 N–H and O–H groups in total. The second-order valence-electron chi connectivity index (χ2n) is 3.37. The maximum Gasteiger partial charge on any atom is 0.0712 e. The summed E-state index contributed by atoms with van der Waals surface area (Å²) in [6.45, 7) is 1.52. The first-order valence-corrected chi connectivity index (χ1v) is 4.22. The van der Waals surface area contributed by atoms with E-state index in [1.165, 1.54) is 0 Å². The van der Waals surface area contributed by atoms with Crippen LogP contribution in [0.1, 0.15) is 12.8 Å². The van der Waals surface area contributed by atoms with Crippen LogP contribution in [0.2, 0.25) is 0 Å². The average Bonchev–Trinajstić information content (AvgIpc) is 2.05. The molecule has 0 bridgehead atoms. The van der Waals surface area contributed by atoms with Gasteiger partial charge in [0.25, 0.3) is 0 Å². The third kappa shape index (κ3) is 2.43. The van der Waals surface area contributed by atoms with Crippen molar-refractivity contribution in [1.29, 1.82) is 0 Å². The molecule has 2 atom stereocenters. The molecule has 1 heterocycles. The van der Waals surface area contributed by atoms with Gasteiger partial charge in [0.15, 0.2) is 0 Å². The summed E-state index contributed by atoms with van der Waals surface area (Å²) in [4.78, 5) is 2.26. The van der Waals surface area contributed by atoms with Gasteiger partial charge in [-0.05, 0) is 26.9 Å². The Kier molecular flexibility index (Phi) is 3.30. The molecule has 11 heavy (non-hydrogen) atoms. The fourth-order valence-corrected chi connectivity index (χ4v) is 1.49. The Bertz CT molecular complexity index is 117. The summed E-state index contributed by atoms with van der Waals surface area (Å²) in [6, 6.07) is 0.664. The summed E-state index contributed by atoms with van der Waals surface area (Å²) >= 11 is 0. The smallest absolute Gasteiger partial charge is 0.0712 e. The molecule has 0 aromatic rings. The SMILES string of the molecule is CN(C)C1CCOC(CN)C1. The molecule has 66 valence electrons. The van der Waals surface area contributed by atoms with Gasteiger partial charge in [-0.25, -0.2) is 0 Å². The van der Waals surface area contributed by atoms with Gasteiger partial charge in [0.1, 0.15) is 0 Å². The minimum absolute atomic E-state index is 0.288. The van der Waals surface area contributed by atoms with Gasteiger partial charge in [0, 0.05) is 19.2 Å². The van der Waals surface area contributed by atoms with E-state index in [4.69, 9.17) is 10.5 Å². The molecule has 3 nitrogen and oxygen atoms in total. The number of rotatable bonds is 2. The van der Waals surface area contributed by atoms with E-state index in [0.29, 0.717) is 12.6 Å². The fraction of sp³-hybridized carbons (Fsp3) is 1.00. The van der Waals surface area contributed by atoms with Crippen LogP contribution in [-0.4, -0.2) is 44.3 Å². The molecular weight excluding hydrogens is 140 g/mol. The van der Waals surface area contributed by atoms with Gasteiger partial charge in [0.2, 0.25) is 0 Å². The second kappa shape index (κ2) is 4.04. The molecule has 1 aliphatic rings. The minimum atomic E-state index is 0.288. The number of nitrogens with zero attached hydrogens (tertiary/aromatic N) is 1. The first-order chi connectivity index (χ1) is 5.24. The van der Waals surface area contributed by atoms with Gasteiger partial charge in [0.05, 0.1) is 6.10 Å². The lowest BCUT2D eigenvalue weighted by atomic mass is 10.0. The lowest BCUT2D eigenvalue weighted by Gasteiger charge is -2.32. The van der Waals surface area contributed by atoms with E-state index in [9.17, 15) is 0 Å². The van der Waals surface area contributed by atoms with Crippen LogP contribution in [0.3, 0.4) is 0 Å². The van der Waals surface area contributed by atoms with Crippen LogP contribution in [0.25, 0.3) is 0 Å². The fourth-order valence-electron chi connectivity index (χ4n) is 1.49. The summed E-state index contributed by atoms with van der Waals surface area (Å²) in [7, 11) is 4.23. The van der Waals surface area contributed by atoms with Crippen LogP contribution in [0.4, 0.5) is 0 Å². The molecule has 1 rings (SSSR count). The average molecular weight is 158 g/mol. The van der Waals surface area contributed by atoms with Gasteiger partial charge in [-0.2, -0.15) is 0 Å². The summed E-state index contributed by atoms with van der Waals surface area (Å²) in [5.41, 5.74) is 5.52. The highest BCUT2D eigenvalue weighted by atomic mass is 16.5. The van der Waals surface area contributed by atoms with Crippen molar-refractivity contribution in [2.75, 3.05) is 27.2 Å². The molecule has 0 aromatic carbocycles. The topological polar surface area (TPSA) is 38.5 Å². The van der Waals surface area contributed by atoms with E-state index in [1.54, 1.807) is 0 Å². The van der Waals surface area contributed by atoms with Gasteiger partial charge in [-0.15, -0.1) is 0 Å². The molecule has 3 heteroatoms. The predicted molar refractivity (Wildman–Crippen MR) is 45.5 cm³/mol. The van der Waals surface area contributed by atoms with Crippen LogP contribution in [0, 0.1) is 0 Å².